The van der Waals surface area contributed by atoms with Gasteiger partial charge in [-0.05, 0) is 32.4 Å². The van der Waals surface area contributed by atoms with Crippen molar-refractivity contribution >= 4 is 17.1 Å². The molecule has 1 aromatic rings. The van der Waals surface area contributed by atoms with Gasteiger partial charge in [-0.1, -0.05) is 36.4 Å². The van der Waals surface area contributed by atoms with Crippen molar-refractivity contribution in [2.75, 3.05) is 6.54 Å². The van der Waals surface area contributed by atoms with E-state index >= 15 is 0 Å². The van der Waals surface area contributed by atoms with E-state index in [4.69, 9.17) is 0 Å². The van der Waals surface area contributed by atoms with Gasteiger partial charge in [-0.25, -0.2) is 8.93 Å². The highest BCUT2D eigenvalue weighted by molar-refractivity contribution is 7.84. The van der Waals surface area contributed by atoms with Crippen LogP contribution in [0.2, 0.25) is 0 Å². The van der Waals surface area contributed by atoms with Crippen molar-refractivity contribution in [1.29, 1.82) is 0 Å². The minimum atomic E-state index is -5.01. The van der Waals surface area contributed by atoms with Gasteiger partial charge in [0.1, 0.15) is 0 Å². The molecule has 0 aromatic heterocycles. The fourth-order valence-corrected chi connectivity index (χ4v) is 2.57. The van der Waals surface area contributed by atoms with Gasteiger partial charge in [0, 0.05) is 4.92 Å². The first-order chi connectivity index (χ1) is 10.9. The van der Waals surface area contributed by atoms with Crippen molar-refractivity contribution in [3.8, 4) is 0 Å². The molecule has 0 spiro atoms. The third kappa shape index (κ3) is 5.41. The summed E-state index contributed by atoms with van der Waals surface area (Å²) in [4.78, 5) is 9.76. The van der Waals surface area contributed by atoms with Crippen LogP contribution in [-0.4, -0.2) is 32.1 Å². The minimum absolute atomic E-state index is 0.442. The maximum atomic E-state index is 13.6. The molecule has 9 heteroatoms. The van der Waals surface area contributed by atoms with Gasteiger partial charge in [0.05, 0.1) is 15.7 Å². The Morgan fingerprint density at radius 3 is 2.17 bits per heavy atom. The van der Waals surface area contributed by atoms with Crippen molar-refractivity contribution < 1.29 is 22.3 Å². The van der Waals surface area contributed by atoms with Crippen molar-refractivity contribution in [3.05, 3.63) is 52.1 Å². The number of halogens is 3. The molecule has 0 saturated heterocycles. The molecule has 0 aliphatic carbocycles. The summed E-state index contributed by atoms with van der Waals surface area (Å²) in [5.74, 6) is 0. The van der Waals surface area contributed by atoms with E-state index in [9.17, 15) is 27.5 Å². The van der Waals surface area contributed by atoms with Gasteiger partial charge in [-0.15, -0.1) is 0 Å². The van der Waals surface area contributed by atoms with Crippen LogP contribution in [0.1, 0.15) is 26.3 Å². The van der Waals surface area contributed by atoms with Crippen molar-refractivity contribution in [1.82, 2.24) is 4.72 Å². The Labute approximate surface area is 140 Å². The van der Waals surface area contributed by atoms with Gasteiger partial charge in [0.2, 0.25) is 12.1 Å². The zero-order chi connectivity index (χ0) is 18.6. The molecule has 0 saturated carbocycles. The molecule has 134 valence electrons. The van der Waals surface area contributed by atoms with Crippen LogP contribution in [0.3, 0.4) is 0 Å². The molecule has 0 radical (unpaired) electrons. The number of benzene rings is 1. The number of hydrogen-bond donors (Lipinski definition) is 1. The lowest BCUT2D eigenvalue weighted by Gasteiger charge is -2.32. The summed E-state index contributed by atoms with van der Waals surface area (Å²) in [7, 11) is -2.15. The predicted octanol–water partition coefficient (Wildman–Crippen LogP) is 3.33. The summed E-state index contributed by atoms with van der Waals surface area (Å²) in [6.45, 7) is 2.96. The first-order valence-corrected chi connectivity index (χ1v) is 8.15. The molecule has 1 rings (SSSR count). The standard InChI is InChI=1S/C15H19F3N2O3S/c1-13(2,3)24(23)19-14(11-20(21)22,15(16,17)18)10-9-12-7-5-4-6-8-12/h4-10,19H,11H2,1-3H3/b10-9+/t14-,24?/m0/s1. The summed E-state index contributed by atoms with van der Waals surface area (Å²) in [6, 6.07) is 8.07. The summed E-state index contributed by atoms with van der Waals surface area (Å²) in [5.41, 5.74) is -2.59. The van der Waals surface area contributed by atoms with Crippen molar-refractivity contribution in [3.63, 3.8) is 0 Å². The van der Waals surface area contributed by atoms with Crippen molar-refractivity contribution in [2.24, 2.45) is 0 Å². The second kappa shape index (κ2) is 7.43. The lowest BCUT2D eigenvalue weighted by atomic mass is 9.98. The molecule has 0 fully saturated rings. The number of nitrogens with one attached hydrogen (secondary N) is 1. The Balaban J connectivity index is 3.33. The van der Waals surface area contributed by atoms with Crippen LogP contribution in [0.15, 0.2) is 36.4 Å². The monoisotopic (exact) mass is 364 g/mol. The molecule has 0 heterocycles. The summed E-state index contributed by atoms with van der Waals surface area (Å²) < 4.78 is 54.0. The molecule has 0 aliphatic rings. The zero-order valence-corrected chi connectivity index (χ0v) is 14.3. The number of rotatable bonds is 6. The quantitative estimate of drug-likeness (QED) is 0.622. The van der Waals surface area contributed by atoms with Crippen LogP contribution in [0.25, 0.3) is 6.08 Å². The van der Waals surface area contributed by atoms with Crippen LogP contribution < -0.4 is 4.72 Å². The molecule has 0 bridgehead atoms. The first-order valence-electron chi connectivity index (χ1n) is 7.00. The fourth-order valence-electron chi connectivity index (χ4n) is 1.69. The van der Waals surface area contributed by atoms with Crippen LogP contribution in [0.4, 0.5) is 13.2 Å². The molecule has 0 aliphatic heterocycles. The molecule has 24 heavy (non-hydrogen) atoms. The van der Waals surface area contributed by atoms with Crippen molar-refractivity contribution in [2.45, 2.75) is 37.2 Å². The Morgan fingerprint density at radius 1 is 1.21 bits per heavy atom. The van der Waals surface area contributed by atoms with Gasteiger partial charge in [0.25, 0.3) is 0 Å². The molecule has 1 unspecified atom stereocenters. The number of nitro groups is 1. The highest BCUT2D eigenvalue weighted by Crippen LogP contribution is 2.34. The van der Waals surface area contributed by atoms with Gasteiger partial charge in [-0.3, -0.25) is 10.1 Å². The highest BCUT2D eigenvalue weighted by Gasteiger charge is 2.58. The van der Waals surface area contributed by atoms with Crippen LogP contribution in [0.5, 0.6) is 0 Å². The number of nitrogens with zero attached hydrogens (tertiary/aromatic N) is 1. The van der Waals surface area contributed by atoms with E-state index in [0.717, 1.165) is 6.08 Å². The smallest absolute Gasteiger partial charge is 0.264 e. The van der Waals surface area contributed by atoms with E-state index in [-0.39, 0.29) is 0 Å². The van der Waals surface area contributed by atoms with Gasteiger partial charge in [-0.2, -0.15) is 13.2 Å². The van der Waals surface area contributed by atoms with Crippen LogP contribution in [0, 0.1) is 10.1 Å². The second-order valence-electron chi connectivity index (χ2n) is 6.19. The van der Waals surface area contributed by atoms with E-state index in [2.05, 4.69) is 0 Å². The summed E-state index contributed by atoms with van der Waals surface area (Å²) in [5, 5.41) is 10.8. The molecule has 0 amide bonds. The molecule has 5 nitrogen and oxygen atoms in total. The zero-order valence-electron chi connectivity index (χ0n) is 13.5. The van der Waals surface area contributed by atoms with Crippen LogP contribution >= 0.6 is 0 Å². The largest absolute Gasteiger partial charge is 0.417 e. The third-order valence-corrected chi connectivity index (χ3v) is 4.74. The SMILES string of the molecule is CC(C)(C)S(=O)N[C@@](/C=C/c1ccccc1)(C[N+](=O)[O-])C(F)(F)F. The maximum absolute atomic E-state index is 13.6. The van der Waals surface area contributed by atoms with Gasteiger partial charge < -0.3 is 0 Å². The average molecular weight is 364 g/mol. The molecule has 1 aromatic carbocycles. The van der Waals surface area contributed by atoms with E-state index in [1.54, 1.807) is 30.3 Å². The van der Waals surface area contributed by atoms with Crippen LogP contribution in [-0.2, 0) is 11.0 Å². The number of hydrogen-bond acceptors (Lipinski definition) is 3. The lowest BCUT2D eigenvalue weighted by Crippen LogP contribution is -2.61. The Hall–Kier alpha value is -1.74. The molecular weight excluding hydrogens is 345 g/mol. The minimum Gasteiger partial charge on any atom is -0.264 e. The number of alkyl halides is 3. The maximum Gasteiger partial charge on any atom is 0.417 e. The van der Waals surface area contributed by atoms with E-state index in [1.807, 2.05) is 4.72 Å². The fraction of sp³-hybridized carbons (Fsp3) is 0.467. The lowest BCUT2D eigenvalue weighted by molar-refractivity contribution is -0.497. The topological polar surface area (TPSA) is 72.2 Å². The second-order valence-corrected chi connectivity index (χ2v) is 8.15. The summed E-state index contributed by atoms with van der Waals surface area (Å²) in [6.07, 6.45) is -3.22. The summed E-state index contributed by atoms with van der Waals surface area (Å²) >= 11 is 0. The van der Waals surface area contributed by atoms with E-state index < -0.39 is 38.9 Å². The third-order valence-electron chi connectivity index (χ3n) is 3.08. The Morgan fingerprint density at radius 2 is 1.75 bits per heavy atom. The molecular formula is C15H19F3N2O3S. The average Bonchev–Trinajstić information content (AvgIpc) is 2.43. The molecule has 2 atom stereocenters. The normalized spacial score (nSPS) is 16.8. The highest BCUT2D eigenvalue weighted by atomic mass is 32.2. The van der Waals surface area contributed by atoms with E-state index in [1.165, 1.54) is 20.8 Å². The predicted molar refractivity (Wildman–Crippen MR) is 87.2 cm³/mol. The van der Waals surface area contributed by atoms with Gasteiger partial charge >= 0.3 is 6.18 Å². The van der Waals surface area contributed by atoms with E-state index in [0.29, 0.717) is 11.6 Å². The Kier molecular flexibility index (Phi) is 6.29. The molecule has 1 N–H and O–H groups in total. The first kappa shape index (κ1) is 20.3. The Bertz CT molecular complexity index is 627. The van der Waals surface area contributed by atoms with Gasteiger partial charge in [0.15, 0.2) is 0 Å².